The van der Waals surface area contributed by atoms with Gasteiger partial charge in [-0.15, -0.1) is 0 Å². The first-order valence-electron chi connectivity index (χ1n) is 9.22. The fourth-order valence-corrected chi connectivity index (χ4v) is 3.73. The number of carbonyl (C=O) groups excluding carboxylic acids is 1. The fourth-order valence-electron chi connectivity index (χ4n) is 3.73. The van der Waals surface area contributed by atoms with E-state index in [1.54, 1.807) is 0 Å². The molecule has 0 aromatic rings. The van der Waals surface area contributed by atoms with Crippen molar-refractivity contribution < 1.29 is 14.3 Å². The van der Waals surface area contributed by atoms with Crippen molar-refractivity contribution >= 4 is 5.91 Å². The minimum Gasteiger partial charge on any atom is -0.378 e. The number of hydrogen-bond donors (Lipinski definition) is 2. The minimum atomic E-state index is -0.822. The third-order valence-electron chi connectivity index (χ3n) is 5.75. The van der Waals surface area contributed by atoms with Crippen molar-refractivity contribution in [1.82, 2.24) is 5.32 Å². The topological polar surface area (TPSA) is 73.6 Å². The van der Waals surface area contributed by atoms with Gasteiger partial charge in [-0.2, -0.15) is 0 Å². The van der Waals surface area contributed by atoms with Gasteiger partial charge in [0, 0.05) is 31.6 Å². The maximum absolute atomic E-state index is 12.4. The van der Waals surface area contributed by atoms with Crippen molar-refractivity contribution in [2.75, 3.05) is 19.8 Å². The summed E-state index contributed by atoms with van der Waals surface area (Å²) in [5.41, 5.74) is 5.20. The van der Waals surface area contributed by atoms with E-state index in [0.717, 1.165) is 6.42 Å². The van der Waals surface area contributed by atoms with E-state index in [-0.39, 0.29) is 17.4 Å². The third kappa shape index (κ3) is 4.06. The van der Waals surface area contributed by atoms with Gasteiger partial charge in [-0.3, -0.25) is 4.79 Å². The summed E-state index contributed by atoms with van der Waals surface area (Å²) in [5.74, 6) is -0.0591. The van der Waals surface area contributed by atoms with E-state index in [2.05, 4.69) is 5.32 Å². The van der Waals surface area contributed by atoms with Gasteiger partial charge in [-0.25, -0.2) is 0 Å². The van der Waals surface area contributed by atoms with Crippen LogP contribution in [0.15, 0.2) is 0 Å². The van der Waals surface area contributed by atoms with Crippen LogP contribution in [0.5, 0.6) is 0 Å². The maximum Gasteiger partial charge on any atom is 0.240 e. The Morgan fingerprint density at radius 3 is 2.52 bits per heavy atom. The first kappa shape index (κ1) is 18.7. The molecule has 0 radical (unpaired) electrons. The molecule has 0 spiro atoms. The summed E-state index contributed by atoms with van der Waals surface area (Å²) in [6.07, 6.45) is 8.21. The first-order valence-corrected chi connectivity index (χ1v) is 9.22. The highest BCUT2D eigenvalue weighted by Crippen LogP contribution is 2.49. The number of hydrogen-bond acceptors (Lipinski definition) is 4. The van der Waals surface area contributed by atoms with Crippen LogP contribution in [0.3, 0.4) is 0 Å². The second-order valence-corrected chi connectivity index (χ2v) is 7.58. The molecule has 2 aliphatic rings. The third-order valence-corrected chi connectivity index (χ3v) is 5.75. The summed E-state index contributed by atoms with van der Waals surface area (Å²) in [4.78, 5) is 12.4. The highest BCUT2D eigenvalue weighted by atomic mass is 16.5. The molecule has 2 unspecified atom stereocenters. The van der Waals surface area contributed by atoms with Crippen molar-refractivity contribution in [3.05, 3.63) is 0 Å². The van der Waals surface area contributed by atoms with Gasteiger partial charge in [0.2, 0.25) is 5.91 Å². The van der Waals surface area contributed by atoms with Crippen molar-refractivity contribution in [3.8, 4) is 0 Å². The largest absolute Gasteiger partial charge is 0.378 e. The molecule has 0 aromatic carbocycles. The Bertz CT molecular complexity index is 394. The molecule has 0 bridgehead atoms. The Morgan fingerprint density at radius 2 is 1.91 bits per heavy atom. The molecular formula is C18H34N2O3. The first-order chi connectivity index (χ1) is 10.9. The molecule has 0 heterocycles. The maximum atomic E-state index is 12.4. The van der Waals surface area contributed by atoms with E-state index in [0.29, 0.717) is 32.3 Å². The molecule has 0 aromatic heterocycles. The molecule has 5 heteroatoms. The van der Waals surface area contributed by atoms with Crippen LogP contribution in [-0.4, -0.2) is 43.4 Å². The smallest absolute Gasteiger partial charge is 0.240 e. The fraction of sp³-hybridized carbons (Fsp3) is 0.944. The van der Waals surface area contributed by atoms with E-state index >= 15 is 0 Å². The normalized spacial score (nSPS) is 30.7. The average molecular weight is 326 g/mol. The average Bonchev–Trinajstić information content (AvgIpc) is 2.55. The van der Waals surface area contributed by atoms with Crippen LogP contribution in [0.1, 0.15) is 65.7 Å². The van der Waals surface area contributed by atoms with Crippen molar-refractivity contribution in [3.63, 3.8) is 0 Å². The Kier molecular flexibility index (Phi) is 6.46. The van der Waals surface area contributed by atoms with Gasteiger partial charge in [0.05, 0.1) is 12.2 Å². The summed E-state index contributed by atoms with van der Waals surface area (Å²) in [7, 11) is 0. The lowest BCUT2D eigenvalue weighted by atomic mass is 9.54. The zero-order valence-electron chi connectivity index (χ0n) is 15.0. The van der Waals surface area contributed by atoms with E-state index in [9.17, 15) is 4.79 Å². The summed E-state index contributed by atoms with van der Waals surface area (Å²) in [5, 5.41) is 2.98. The number of nitrogens with two attached hydrogens (primary N) is 1. The molecule has 2 saturated carbocycles. The predicted octanol–water partition coefficient (Wildman–Crippen LogP) is 2.37. The molecular weight excluding hydrogens is 292 g/mol. The molecule has 134 valence electrons. The van der Waals surface area contributed by atoms with Gasteiger partial charge in [0.15, 0.2) is 0 Å². The Labute approximate surface area is 140 Å². The Hall–Kier alpha value is -0.650. The second kappa shape index (κ2) is 7.95. The molecule has 2 rings (SSSR count). The van der Waals surface area contributed by atoms with Crippen molar-refractivity contribution in [2.45, 2.75) is 83.5 Å². The van der Waals surface area contributed by atoms with Crippen LogP contribution in [0, 0.1) is 5.41 Å². The zero-order valence-corrected chi connectivity index (χ0v) is 15.0. The Morgan fingerprint density at radius 1 is 1.22 bits per heavy atom. The van der Waals surface area contributed by atoms with Gasteiger partial charge in [0.1, 0.15) is 5.54 Å². The number of carbonyl (C=O) groups is 1. The number of amides is 1. The van der Waals surface area contributed by atoms with Crippen LogP contribution < -0.4 is 11.1 Å². The lowest BCUT2D eigenvalue weighted by Gasteiger charge is -2.57. The summed E-state index contributed by atoms with van der Waals surface area (Å²) < 4.78 is 11.5. The van der Waals surface area contributed by atoms with Crippen LogP contribution >= 0.6 is 0 Å². The minimum absolute atomic E-state index is 0.0591. The van der Waals surface area contributed by atoms with Gasteiger partial charge in [-0.1, -0.05) is 33.1 Å². The SMILES string of the molecule is CCOC1CC(N)(C(=O)NCCCOC2CCCCC2)C1(C)C. The van der Waals surface area contributed by atoms with E-state index in [1.165, 1.54) is 32.1 Å². The molecule has 0 saturated heterocycles. The lowest BCUT2D eigenvalue weighted by molar-refractivity contribution is -0.170. The number of ether oxygens (including phenoxy) is 2. The number of nitrogens with one attached hydrogen (secondary N) is 1. The standard InChI is InChI=1S/C18H34N2O3/c1-4-22-15-13-18(19,17(15,2)3)16(21)20-11-8-12-23-14-9-6-5-7-10-14/h14-15H,4-13,19H2,1-3H3,(H,20,21). The molecule has 3 N–H and O–H groups in total. The zero-order chi connectivity index (χ0) is 16.9. The Balaban J connectivity index is 1.65. The quantitative estimate of drug-likeness (QED) is 0.672. The molecule has 2 atom stereocenters. The molecule has 0 aliphatic heterocycles. The van der Waals surface area contributed by atoms with Gasteiger partial charge >= 0.3 is 0 Å². The van der Waals surface area contributed by atoms with Gasteiger partial charge in [0.25, 0.3) is 0 Å². The van der Waals surface area contributed by atoms with Gasteiger partial charge in [-0.05, 0) is 26.2 Å². The van der Waals surface area contributed by atoms with E-state index in [1.807, 2.05) is 20.8 Å². The monoisotopic (exact) mass is 326 g/mol. The van der Waals surface area contributed by atoms with Crippen LogP contribution in [0.25, 0.3) is 0 Å². The second-order valence-electron chi connectivity index (χ2n) is 7.58. The van der Waals surface area contributed by atoms with Crippen LogP contribution in [0.4, 0.5) is 0 Å². The highest BCUT2D eigenvalue weighted by molar-refractivity contribution is 5.88. The predicted molar refractivity (Wildman–Crippen MR) is 91.2 cm³/mol. The van der Waals surface area contributed by atoms with Crippen molar-refractivity contribution in [1.29, 1.82) is 0 Å². The van der Waals surface area contributed by atoms with E-state index in [4.69, 9.17) is 15.2 Å². The summed E-state index contributed by atoms with van der Waals surface area (Å²) in [6.45, 7) is 8.00. The van der Waals surface area contributed by atoms with Crippen molar-refractivity contribution in [2.24, 2.45) is 11.1 Å². The van der Waals surface area contributed by atoms with Crippen LogP contribution in [0.2, 0.25) is 0 Å². The van der Waals surface area contributed by atoms with E-state index < -0.39 is 5.54 Å². The molecule has 23 heavy (non-hydrogen) atoms. The lowest BCUT2D eigenvalue weighted by Crippen LogP contribution is -2.75. The molecule has 2 aliphatic carbocycles. The number of rotatable bonds is 8. The molecule has 5 nitrogen and oxygen atoms in total. The van der Waals surface area contributed by atoms with Gasteiger partial charge < -0.3 is 20.5 Å². The molecule has 1 amide bonds. The summed E-state index contributed by atoms with van der Waals surface area (Å²) in [6, 6.07) is 0. The summed E-state index contributed by atoms with van der Waals surface area (Å²) >= 11 is 0. The molecule has 2 fully saturated rings. The highest BCUT2D eigenvalue weighted by Gasteiger charge is 2.62. The van der Waals surface area contributed by atoms with Crippen LogP contribution in [-0.2, 0) is 14.3 Å².